The Balaban J connectivity index is 2.88. The fourth-order valence-electron chi connectivity index (χ4n) is 1.73. The molecule has 6 heteroatoms. The quantitative estimate of drug-likeness (QED) is 0.492. The predicted molar refractivity (Wildman–Crippen MR) is 63.5 cm³/mol. The summed E-state index contributed by atoms with van der Waals surface area (Å²) in [7, 11) is 0. The van der Waals surface area contributed by atoms with Crippen molar-refractivity contribution in [2.24, 2.45) is 5.84 Å². The van der Waals surface area contributed by atoms with Crippen molar-refractivity contribution in [2.75, 3.05) is 5.43 Å². The van der Waals surface area contributed by atoms with Crippen LogP contribution in [0.1, 0.15) is 25.5 Å². The van der Waals surface area contributed by atoms with E-state index in [0.29, 0.717) is 5.69 Å². The van der Waals surface area contributed by atoms with E-state index in [-0.39, 0.29) is 22.5 Å². The van der Waals surface area contributed by atoms with Crippen molar-refractivity contribution in [1.29, 1.82) is 0 Å². The minimum absolute atomic E-state index is 0.0329. The fraction of sp³-hybridized carbons (Fsp3) is 0.250. The van der Waals surface area contributed by atoms with Crippen molar-refractivity contribution in [1.82, 2.24) is 4.98 Å². The van der Waals surface area contributed by atoms with Crippen molar-refractivity contribution in [3.63, 3.8) is 0 Å². The average Bonchev–Trinajstić information content (AvgIpc) is 2.34. The van der Waals surface area contributed by atoms with E-state index in [1.807, 2.05) is 13.8 Å². The van der Waals surface area contributed by atoms with E-state index in [1.54, 1.807) is 0 Å². The zero-order valence-corrected chi connectivity index (χ0v) is 9.89. The molecule has 0 saturated carbocycles. The molecule has 0 aliphatic heterocycles. The first-order chi connectivity index (χ1) is 8.45. The molecule has 96 valence electrons. The summed E-state index contributed by atoms with van der Waals surface area (Å²) in [6.45, 7) is 3.76. The molecule has 0 bridgehead atoms. The number of nitrogens with one attached hydrogen (secondary N) is 1. The number of hydrazine groups is 1. The number of nitrogen functional groups attached to an aromatic ring is 1. The minimum Gasteiger partial charge on any atom is -0.323 e. The van der Waals surface area contributed by atoms with Crippen LogP contribution in [0.2, 0.25) is 0 Å². The minimum atomic E-state index is -1.53. The molecule has 1 aromatic heterocycles. The molecule has 0 amide bonds. The number of anilines is 1. The second-order valence-electron chi connectivity index (χ2n) is 4.27. The Hall–Kier alpha value is -1.82. The zero-order chi connectivity index (χ0) is 13.4. The number of fused-ring (bicyclic) bond motifs is 1. The summed E-state index contributed by atoms with van der Waals surface area (Å²) in [5, 5.41) is -0.152. The van der Waals surface area contributed by atoms with Crippen molar-refractivity contribution in [3.05, 3.63) is 35.3 Å². The monoisotopic (exact) mass is 255 g/mol. The topological polar surface area (TPSA) is 50.9 Å². The van der Waals surface area contributed by atoms with Gasteiger partial charge < -0.3 is 5.43 Å². The van der Waals surface area contributed by atoms with Gasteiger partial charge in [-0.3, -0.25) is 10.8 Å². The SMILES string of the molecule is CC(C)c1cc(NN)c2c(F)c(F)c(F)cc2n1. The molecule has 0 radical (unpaired) electrons. The molecule has 2 rings (SSSR count). The summed E-state index contributed by atoms with van der Waals surface area (Å²) in [5.41, 5.74) is 3.11. The summed E-state index contributed by atoms with van der Waals surface area (Å²) in [5.74, 6) is 1.25. The number of nitrogens with zero attached hydrogens (tertiary/aromatic N) is 1. The normalized spacial score (nSPS) is 11.3. The molecule has 18 heavy (non-hydrogen) atoms. The van der Waals surface area contributed by atoms with E-state index >= 15 is 0 Å². The number of hydrogen-bond acceptors (Lipinski definition) is 3. The lowest BCUT2D eigenvalue weighted by atomic mass is 10.1. The lowest BCUT2D eigenvalue weighted by Crippen LogP contribution is -2.10. The molecule has 1 aromatic carbocycles. The fourth-order valence-corrected chi connectivity index (χ4v) is 1.73. The van der Waals surface area contributed by atoms with Crippen LogP contribution in [0.3, 0.4) is 0 Å². The third kappa shape index (κ3) is 1.88. The Kier molecular flexibility index (Phi) is 3.13. The van der Waals surface area contributed by atoms with Crippen LogP contribution >= 0.6 is 0 Å². The van der Waals surface area contributed by atoms with Crippen molar-refractivity contribution >= 4 is 16.6 Å². The molecule has 0 spiro atoms. The number of hydrogen-bond donors (Lipinski definition) is 2. The van der Waals surface area contributed by atoms with E-state index in [9.17, 15) is 13.2 Å². The summed E-state index contributed by atoms with van der Waals surface area (Å²) >= 11 is 0. The second kappa shape index (κ2) is 4.45. The van der Waals surface area contributed by atoms with Crippen LogP contribution in [-0.4, -0.2) is 4.98 Å². The van der Waals surface area contributed by atoms with Gasteiger partial charge in [0, 0.05) is 11.8 Å². The van der Waals surface area contributed by atoms with Crippen molar-refractivity contribution in [3.8, 4) is 0 Å². The van der Waals surface area contributed by atoms with Gasteiger partial charge in [0.15, 0.2) is 17.5 Å². The van der Waals surface area contributed by atoms with Gasteiger partial charge in [0.05, 0.1) is 16.6 Å². The van der Waals surface area contributed by atoms with E-state index in [1.165, 1.54) is 6.07 Å². The van der Waals surface area contributed by atoms with Crippen LogP contribution in [0.5, 0.6) is 0 Å². The highest BCUT2D eigenvalue weighted by molar-refractivity contribution is 5.92. The molecular formula is C12H12F3N3. The lowest BCUT2D eigenvalue weighted by molar-refractivity contribution is 0.453. The molecule has 0 aliphatic rings. The number of halogens is 3. The number of nitrogens with two attached hydrogens (primary N) is 1. The molecule has 0 saturated heterocycles. The second-order valence-corrected chi connectivity index (χ2v) is 4.27. The Morgan fingerprint density at radius 3 is 2.39 bits per heavy atom. The van der Waals surface area contributed by atoms with Gasteiger partial charge in [-0.05, 0) is 12.0 Å². The maximum atomic E-state index is 13.7. The third-order valence-corrected chi connectivity index (χ3v) is 2.70. The Bertz CT molecular complexity index is 611. The largest absolute Gasteiger partial charge is 0.323 e. The first-order valence-corrected chi connectivity index (χ1v) is 5.40. The standard InChI is InChI=1S/C12H12F3N3/c1-5(2)7-4-9(18-16)10-8(17-7)3-6(13)11(14)12(10)15/h3-5H,16H2,1-2H3,(H,17,18). The summed E-state index contributed by atoms with van der Waals surface area (Å²) in [6, 6.07) is 2.38. The molecular weight excluding hydrogens is 243 g/mol. The van der Waals surface area contributed by atoms with Crippen molar-refractivity contribution < 1.29 is 13.2 Å². The van der Waals surface area contributed by atoms with E-state index in [0.717, 1.165) is 6.07 Å². The molecule has 0 atom stereocenters. The van der Waals surface area contributed by atoms with Crippen LogP contribution in [0.4, 0.5) is 18.9 Å². The average molecular weight is 255 g/mol. The first kappa shape index (κ1) is 12.6. The molecule has 0 aliphatic carbocycles. The zero-order valence-electron chi connectivity index (χ0n) is 9.89. The van der Waals surface area contributed by atoms with E-state index in [4.69, 9.17) is 5.84 Å². The molecule has 1 heterocycles. The highest BCUT2D eigenvalue weighted by Gasteiger charge is 2.18. The number of pyridine rings is 1. The third-order valence-electron chi connectivity index (χ3n) is 2.70. The smallest absolute Gasteiger partial charge is 0.195 e. The van der Waals surface area contributed by atoms with Gasteiger partial charge in [-0.25, -0.2) is 13.2 Å². The van der Waals surface area contributed by atoms with Gasteiger partial charge in [-0.15, -0.1) is 0 Å². The van der Waals surface area contributed by atoms with Gasteiger partial charge in [0.2, 0.25) is 0 Å². The Morgan fingerprint density at radius 2 is 1.83 bits per heavy atom. The predicted octanol–water partition coefficient (Wildman–Crippen LogP) is 3.06. The Labute approximate surface area is 102 Å². The van der Waals surface area contributed by atoms with Gasteiger partial charge >= 0.3 is 0 Å². The number of aromatic nitrogens is 1. The van der Waals surface area contributed by atoms with Gasteiger partial charge in [0.25, 0.3) is 0 Å². The van der Waals surface area contributed by atoms with Crippen LogP contribution < -0.4 is 11.3 Å². The highest BCUT2D eigenvalue weighted by atomic mass is 19.2. The van der Waals surface area contributed by atoms with Crippen LogP contribution in [0.25, 0.3) is 10.9 Å². The maximum absolute atomic E-state index is 13.7. The van der Waals surface area contributed by atoms with Gasteiger partial charge in [0.1, 0.15) is 0 Å². The molecule has 2 aromatic rings. The number of benzene rings is 1. The molecule has 0 fully saturated rings. The summed E-state index contributed by atoms with van der Waals surface area (Å²) in [6.07, 6.45) is 0. The van der Waals surface area contributed by atoms with Crippen LogP contribution in [-0.2, 0) is 0 Å². The summed E-state index contributed by atoms with van der Waals surface area (Å²) in [4.78, 5) is 4.10. The van der Waals surface area contributed by atoms with E-state index < -0.39 is 17.5 Å². The van der Waals surface area contributed by atoms with Crippen molar-refractivity contribution in [2.45, 2.75) is 19.8 Å². The Morgan fingerprint density at radius 1 is 1.17 bits per heavy atom. The van der Waals surface area contributed by atoms with Crippen LogP contribution in [0, 0.1) is 17.5 Å². The van der Waals surface area contributed by atoms with Gasteiger partial charge in [-0.2, -0.15) is 0 Å². The van der Waals surface area contributed by atoms with Gasteiger partial charge in [-0.1, -0.05) is 13.8 Å². The molecule has 3 nitrogen and oxygen atoms in total. The molecule has 3 N–H and O–H groups in total. The summed E-state index contributed by atoms with van der Waals surface area (Å²) < 4.78 is 40.0. The van der Waals surface area contributed by atoms with E-state index in [2.05, 4.69) is 10.4 Å². The van der Waals surface area contributed by atoms with Crippen LogP contribution in [0.15, 0.2) is 12.1 Å². The maximum Gasteiger partial charge on any atom is 0.195 e. The lowest BCUT2D eigenvalue weighted by Gasteiger charge is -2.12. The highest BCUT2D eigenvalue weighted by Crippen LogP contribution is 2.30. The molecule has 0 unspecified atom stereocenters. The first-order valence-electron chi connectivity index (χ1n) is 5.40. The number of rotatable bonds is 2.